The number of ketones is 1. The van der Waals surface area contributed by atoms with Crippen LogP contribution in [-0.4, -0.2) is 17.9 Å². The van der Waals surface area contributed by atoms with Gasteiger partial charge in [-0.2, -0.15) is 0 Å². The van der Waals surface area contributed by atoms with Crippen LogP contribution in [0.2, 0.25) is 0 Å². The highest BCUT2D eigenvalue weighted by Gasteiger charge is 2.21. The van der Waals surface area contributed by atoms with Gasteiger partial charge in [-0.15, -0.1) is 0 Å². The minimum Gasteiger partial charge on any atom is -0.496 e. The molecule has 100 valence electrons. The van der Waals surface area contributed by atoms with Crippen LogP contribution in [0.4, 0.5) is 0 Å². The summed E-state index contributed by atoms with van der Waals surface area (Å²) in [5, 5.41) is 0. The zero-order chi connectivity index (χ0) is 13.9. The smallest absolute Gasteiger partial charge is 0.138 e. The topological polar surface area (TPSA) is 39.2 Å². The van der Waals surface area contributed by atoms with Crippen LogP contribution >= 0.6 is 0 Å². The van der Waals surface area contributed by atoms with Crippen molar-refractivity contribution in [2.45, 2.75) is 47.5 Å². The summed E-state index contributed by atoms with van der Waals surface area (Å²) < 4.78 is 5.37. The number of methoxy groups -OCH3 is 1. The van der Waals surface area contributed by atoms with E-state index in [2.05, 4.69) is 4.98 Å². The Balaban J connectivity index is 2.84. The van der Waals surface area contributed by atoms with Crippen LogP contribution in [0.1, 0.15) is 44.0 Å². The van der Waals surface area contributed by atoms with E-state index in [0.29, 0.717) is 12.8 Å². The van der Waals surface area contributed by atoms with E-state index in [1.165, 1.54) is 0 Å². The average Bonchev–Trinajstić information content (AvgIpc) is 2.27. The summed E-state index contributed by atoms with van der Waals surface area (Å²) in [6.45, 7) is 9.82. The van der Waals surface area contributed by atoms with Gasteiger partial charge in [0.05, 0.1) is 7.11 Å². The highest BCUT2D eigenvalue weighted by Crippen LogP contribution is 2.25. The first-order valence-corrected chi connectivity index (χ1v) is 6.29. The first-order valence-electron chi connectivity index (χ1n) is 6.29. The molecule has 0 saturated heterocycles. The standard InChI is InChI=1S/C15H23NO2/c1-10-9-16-12(11(2)14(10)18-6)7-8-13(17)15(3,4)5/h9H,7-8H2,1-6H3. The van der Waals surface area contributed by atoms with Gasteiger partial charge >= 0.3 is 0 Å². The van der Waals surface area contributed by atoms with Crippen molar-refractivity contribution < 1.29 is 9.53 Å². The predicted molar refractivity (Wildman–Crippen MR) is 73.0 cm³/mol. The number of pyridine rings is 1. The molecule has 0 aliphatic carbocycles. The molecule has 18 heavy (non-hydrogen) atoms. The summed E-state index contributed by atoms with van der Waals surface area (Å²) in [6.07, 6.45) is 3.02. The number of nitrogens with zero attached hydrogens (tertiary/aromatic N) is 1. The molecule has 0 aromatic carbocycles. The van der Waals surface area contributed by atoms with E-state index in [9.17, 15) is 4.79 Å². The molecule has 0 aliphatic rings. The molecule has 1 aromatic rings. The summed E-state index contributed by atoms with van der Waals surface area (Å²) in [5.41, 5.74) is 2.75. The number of Topliss-reactive ketones (excluding diaryl/α,β-unsaturated/α-hetero) is 1. The second-order valence-corrected chi connectivity index (χ2v) is 5.72. The van der Waals surface area contributed by atoms with Crippen LogP contribution in [0.3, 0.4) is 0 Å². The summed E-state index contributed by atoms with van der Waals surface area (Å²) >= 11 is 0. The van der Waals surface area contributed by atoms with Gasteiger partial charge in [-0.05, 0) is 20.3 Å². The SMILES string of the molecule is COc1c(C)cnc(CCC(=O)C(C)(C)C)c1C. The number of carbonyl (C=O) groups is 1. The molecule has 1 heterocycles. The molecule has 1 aromatic heterocycles. The molecule has 3 heteroatoms. The molecule has 0 atom stereocenters. The van der Waals surface area contributed by atoms with E-state index in [4.69, 9.17) is 4.74 Å². The number of aryl methyl sites for hydroxylation is 2. The van der Waals surface area contributed by atoms with Crippen LogP contribution in [0.15, 0.2) is 6.20 Å². The fraction of sp³-hybridized carbons (Fsp3) is 0.600. The minimum atomic E-state index is -0.275. The van der Waals surface area contributed by atoms with Gasteiger partial charge in [0.25, 0.3) is 0 Å². The van der Waals surface area contributed by atoms with E-state index >= 15 is 0 Å². The third-order valence-corrected chi connectivity index (χ3v) is 3.18. The quantitative estimate of drug-likeness (QED) is 0.822. The largest absolute Gasteiger partial charge is 0.496 e. The van der Waals surface area contributed by atoms with E-state index in [1.54, 1.807) is 7.11 Å². The molecule has 0 N–H and O–H groups in total. The van der Waals surface area contributed by atoms with Crippen LogP contribution in [0.5, 0.6) is 5.75 Å². The summed E-state index contributed by atoms with van der Waals surface area (Å²) in [7, 11) is 1.67. The van der Waals surface area contributed by atoms with Gasteiger partial charge in [0.2, 0.25) is 0 Å². The van der Waals surface area contributed by atoms with Crippen molar-refractivity contribution in [2.75, 3.05) is 7.11 Å². The maximum atomic E-state index is 11.9. The van der Waals surface area contributed by atoms with Gasteiger partial charge in [0.15, 0.2) is 0 Å². The number of rotatable bonds is 4. The summed E-state index contributed by atoms with van der Waals surface area (Å²) in [6, 6.07) is 0. The highest BCUT2D eigenvalue weighted by molar-refractivity contribution is 5.83. The molecule has 0 aliphatic heterocycles. The number of aromatic nitrogens is 1. The maximum absolute atomic E-state index is 11.9. The van der Waals surface area contributed by atoms with Crippen molar-refractivity contribution in [3.8, 4) is 5.75 Å². The normalized spacial score (nSPS) is 11.4. The Kier molecular flexibility index (Phi) is 4.49. The fourth-order valence-corrected chi connectivity index (χ4v) is 1.93. The van der Waals surface area contributed by atoms with Crippen molar-refractivity contribution in [1.82, 2.24) is 4.98 Å². The summed E-state index contributed by atoms with van der Waals surface area (Å²) in [4.78, 5) is 16.3. The van der Waals surface area contributed by atoms with Crippen molar-refractivity contribution in [2.24, 2.45) is 5.41 Å². The van der Waals surface area contributed by atoms with Gasteiger partial charge in [-0.1, -0.05) is 20.8 Å². The second-order valence-electron chi connectivity index (χ2n) is 5.72. The van der Waals surface area contributed by atoms with Crippen LogP contribution in [0.25, 0.3) is 0 Å². The highest BCUT2D eigenvalue weighted by atomic mass is 16.5. The Hall–Kier alpha value is -1.38. The van der Waals surface area contributed by atoms with Crippen LogP contribution in [-0.2, 0) is 11.2 Å². The fourth-order valence-electron chi connectivity index (χ4n) is 1.93. The Bertz CT molecular complexity index is 445. The zero-order valence-corrected chi connectivity index (χ0v) is 12.3. The Labute approximate surface area is 110 Å². The molecule has 3 nitrogen and oxygen atoms in total. The molecule has 0 unspecified atom stereocenters. The number of hydrogen-bond donors (Lipinski definition) is 0. The first-order chi connectivity index (χ1) is 8.27. The van der Waals surface area contributed by atoms with Crippen LogP contribution in [0, 0.1) is 19.3 Å². The molecule has 0 bridgehead atoms. The van der Waals surface area contributed by atoms with Gasteiger partial charge in [-0.3, -0.25) is 9.78 Å². The molecule has 0 fully saturated rings. The lowest BCUT2D eigenvalue weighted by Crippen LogP contribution is -2.20. The Morgan fingerprint density at radius 3 is 2.44 bits per heavy atom. The molecule has 0 saturated carbocycles. The lowest BCUT2D eigenvalue weighted by molar-refractivity contribution is -0.126. The van der Waals surface area contributed by atoms with E-state index in [-0.39, 0.29) is 11.2 Å². The third-order valence-electron chi connectivity index (χ3n) is 3.18. The molecular formula is C15H23NO2. The molecule has 1 rings (SSSR count). The maximum Gasteiger partial charge on any atom is 0.138 e. The molecule has 0 spiro atoms. The monoisotopic (exact) mass is 249 g/mol. The average molecular weight is 249 g/mol. The van der Waals surface area contributed by atoms with Gasteiger partial charge in [-0.25, -0.2) is 0 Å². The van der Waals surface area contributed by atoms with Crippen LogP contribution < -0.4 is 4.74 Å². The van der Waals surface area contributed by atoms with Crippen molar-refractivity contribution in [3.05, 3.63) is 23.0 Å². The third kappa shape index (κ3) is 3.31. The predicted octanol–water partition coefficient (Wildman–Crippen LogP) is 3.25. The number of ether oxygens (including phenoxy) is 1. The van der Waals surface area contributed by atoms with Gasteiger partial charge < -0.3 is 4.74 Å². The Morgan fingerprint density at radius 2 is 1.94 bits per heavy atom. The number of hydrogen-bond acceptors (Lipinski definition) is 3. The minimum absolute atomic E-state index is 0.267. The lowest BCUT2D eigenvalue weighted by Gasteiger charge is -2.17. The number of carbonyl (C=O) groups excluding carboxylic acids is 1. The van der Waals surface area contributed by atoms with E-state index in [1.807, 2.05) is 40.8 Å². The molecule has 0 radical (unpaired) electrons. The van der Waals surface area contributed by atoms with E-state index in [0.717, 1.165) is 22.6 Å². The first kappa shape index (κ1) is 14.7. The molecule has 0 amide bonds. The zero-order valence-electron chi connectivity index (χ0n) is 12.3. The lowest BCUT2D eigenvalue weighted by atomic mass is 9.87. The van der Waals surface area contributed by atoms with Crippen molar-refractivity contribution >= 4 is 5.78 Å². The molecular weight excluding hydrogens is 226 g/mol. The Morgan fingerprint density at radius 1 is 1.33 bits per heavy atom. The van der Waals surface area contributed by atoms with Crippen molar-refractivity contribution in [3.63, 3.8) is 0 Å². The summed E-state index contributed by atoms with van der Waals surface area (Å²) in [5.74, 6) is 1.14. The van der Waals surface area contributed by atoms with Gasteiger partial charge in [0.1, 0.15) is 11.5 Å². The van der Waals surface area contributed by atoms with Crippen molar-refractivity contribution in [1.29, 1.82) is 0 Å². The van der Waals surface area contributed by atoms with Gasteiger partial charge in [0, 0.05) is 34.9 Å². The van der Waals surface area contributed by atoms with E-state index < -0.39 is 0 Å². The second kappa shape index (κ2) is 5.51.